The van der Waals surface area contributed by atoms with Gasteiger partial charge in [-0.1, -0.05) is 24.9 Å². The number of carboxylic acid groups (broad SMARTS) is 1. The molecule has 1 rings (SSSR count). The third-order valence-corrected chi connectivity index (χ3v) is 2.24. The fourth-order valence-electron chi connectivity index (χ4n) is 1.25. The Balaban J connectivity index is 3.09. The van der Waals surface area contributed by atoms with Gasteiger partial charge in [-0.25, -0.2) is 4.79 Å². The second-order valence-corrected chi connectivity index (χ2v) is 3.40. The molecule has 0 unspecified atom stereocenters. The van der Waals surface area contributed by atoms with Gasteiger partial charge in [-0.15, -0.1) is 0 Å². The Hall–Kier alpha value is -1.42. The highest BCUT2D eigenvalue weighted by molar-refractivity contribution is 6.31. The summed E-state index contributed by atoms with van der Waals surface area (Å²) in [6, 6.07) is 2.83. The first-order valence-corrected chi connectivity index (χ1v) is 4.85. The molecule has 0 aliphatic carbocycles. The average Bonchev–Trinajstić information content (AvgIpc) is 2.16. The SMILES string of the molecule is CCCc1c(Cl)ccc(OC(=O)O)c1O. The molecule has 4 nitrogen and oxygen atoms in total. The maximum absolute atomic E-state index is 10.3. The van der Waals surface area contributed by atoms with Crippen LogP contribution in [0.15, 0.2) is 12.1 Å². The predicted molar refractivity (Wildman–Crippen MR) is 55.8 cm³/mol. The largest absolute Gasteiger partial charge is 0.511 e. The van der Waals surface area contributed by atoms with E-state index in [1.165, 1.54) is 12.1 Å². The van der Waals surface area contributed by atoms with Crippen LogP contribution in [0.3, 0.4) is 0 Å². The van der Waals surface area contributed by atoms with Gasteiger partial charge in [-0.05, 0) is 18.6 Å². The maximum atomic E-state index is 10.3. The van der Waals surface area contributed by atoms with Gasteiger partial charge in [0, 0.05) is 10.6 Å². The number of phenolic OH excluding ortho intramolecular Hbond substituents is 1. The summed E-state index contributed by atoms with van der Waals surface area (Å²) in [5.74, 6) is -0.290. The van der Waals surface area contributed by atoms with Crippen molar-refractivity contribution in [2.75, 3.05) is 0 Å². The lowest BCUT2D eigenvalue weighted by Gasteiger charge is -2.09. The fourth-order valence-corrected chi connectivity index (χ4v) is 1.50. The Morgan fingerprint density at radius 3 is 2.73 bits per heavy atom. The highest BCUT2D eigenvalue weighted by Crippen LogP contribution is 2.35. The van der Waals surface area contributed by atoms with E-state index < -0.39 is 6.16 Å². The summed E-state index contributed by atoms with van der Waals surface area (Å²) in [5.41, 5.74) is 0.512. The Morgan fingerprint density at radius 2 is 2.20 bits per heavy atom. The van der Waals surface area contributed by atoms with Gasteiger partial charge in [-0.2, -0.15) is 0 Å². The summed E-state index contributed by atoms with van der Waals surface area (Å²) < 4.78 is 4.39. The van der Waals surface area contributed by atoms with E-state index in [-0.39, 0.29) is 11.5 Å². The first kappa shape index (κ1) is 11.7. The van der Waals surface area contributed by atoms with Gasteiger partial charge < -0.3 is 14.9 Å². The van der Waals surface area contributed by atoms with Crippen LogP contribution >= 0.6 is 11.6 Å². The number of halogens is 1. The number of aromatic hydroxyl groups is 1. The molecule has 0 radical (unpaired) electrons. The average molecular weight is 231 g/mol. The molecular formula is C10H11ClO4. The monoisotopic (exact) mass is 230 g/mol. The zero-order chi connectivity index (χ0) is 11.4. The van der Waals surface area contributed by atoms with Crippen LogP contribution in [0.2, 0.25) is 5.02 Å². The molecule has 15 heavy (non-hydrogen) atoms. The molecule has 5 heteroatoms. The highest BCUT2D eigenvalue weighted by atomic mass is 35.5. The van der Waals surface area contributed by atoms with Crippen molar-refractivity contribution in [1.82, 2.24) is 0 Å². The molecule has 0 spiro atoms. The Bertz CT molecular complexity index is 376. The number of hydrogen-bond donors (Lipinski definition) is 2. The number of phenols is 1. The van der Waals surface area contributed by atoms with Crippen LogP contribution < -0.4 is 4.74 Å². The molecule has 1 aromatic rings. The van der Waals surface area contributed by atoms with Gasteiger partial charge in [0.15, 0.2) is 11.5 Å². The van der Waals surface area contributed by atoms with Crippen molar-refractivity contribution in [3.8, 4) is 11.5 Å². The third kappa shape index (κ3) is 2.76. The zero-order valence-corrected chi connectivity index (χ0v) is 8.91. The van der Waals surface area contributed by atoms with E-state index in [0.717, 1.165) is 6.42 Å². The maximum Gasteiger partial charge on any atom is 0.511 e. The molecule has 0 fully saturated rings. The molecule has 0 atom stereocenters. The lowest BCUT2D eigenvalue weighted by Crippen LogP contribution is -2.04. The third-order valence-electron chi connectivity index (χ3n) is 1.89. The normalized spacial score (nSPS) is 10.0. The minimum absolute atomic E-state index is 0.0876. The molecule has 1 aromatic carbocycles. The number of rotatable bonds is 3. The highest BCUT2D eigenvalue weighted by Gasteiger charge is 2.13. The van der Waals surface area contributed by atoms with E-state index in [4.69, 9.17) is 16.7 Å². The molecule has 0 aliphatic heterocycles. The summed E-state index contributed by atoms with van der Waals surface area (Å²) in [7, 11) is 0. The standard InChI is InChI=1S/C10H11ClO4/c1-2-3-6-7(11)4-5-8(9(6)12)15-10(13)14/h4-5,12H,2-3H2,1H3,(H,13,14). The van der Waals surface area contributed by atoms with Gasteiger partial charge in [0.05, 0.1) is 0 Å². The molecule has 0 bridgehead atoms. The van der Waals surface area contributed by atoms with Crippen molar-refractivity contribution in [2.24, 2.45) is 0 Å². The number of hydrogen-bond acceptors (Lipinski definition) is 3. The summed E-state index contributed by atoms with van der Waals surface area (Å²) in [5, 5.41) is 18.5. The van der Waals surface area contributed by atoms with Crippen molar-refractivity contribution in [1.29, 1.82) is 0 Å². The summed E-state index contributed by atoms with van der Waals surface area (Å²) in [6.07, 6.45) is -0.0965. The van der Waals surface area contributed by atoms with Gasteiger partial charge in [0.25, 0.3) is 0 Å². The van der Waals surface area contributed by atoms with Crippen LogP contribution in [0.4, 0.5) is 4.79 Å². The Labute approximate surface area is 92.1 Å². The smallest absolute Gasteiger partial charge is 0.504 e. The number of benzene rings is 1. The first-order chi connectivity index (χ1) is 7.06. The fraction of sp³-hybridized carbons (Fsp3) is 0.300. The van der Waals surface area contributed by atoms with Gasteiger partial charge in [0.1, 0.15) is 0 Å². The van der Waals surface area contributed by atoms with Crippen molar-refractivity contribution in [2.45, 2.75) is 19.8 Å². The molecular weight excluding hydrogens is 220 g/mol. The lowest BCUT2D eigenvalue weighted by molar-refractivity contribution is 0.143. The second kappa shape index (κ2) is 4.89. The first-order valence-electron chi connectivity index (χ1n) is 4.47. The number of ether oxygens (including phenoxy) is 1. The lowest BCUT2D eigenvalue weighted by atomic mass is 10.1. The van der Waals surface area contributed by atoms with Crippen molar-refractivity contribution < 1.29 is 19.7 Å². The molecule has 0 saturated carbocycles. The predicted octanol–water partition coefficient (Wildman–Crippen LogP) is 3.05. The van der Waals surface area contributed by atoms with Crippen molar-refractivity contribution in [3.05, 3.63) is 22.7 Å². The molecule has 0 aliphatic rings. The zero-order valence-electron chi connectivity index (χ0n) is 8.16. The topological polar surface area (TPSA) is 66.8 Å². The van der Waals surface area contributed by atoms with E-state index in [1.807, 2.05) is 6.92 Å². The van der Waals surface area contributed by atoms with Crippen LogP contribution in [-0.4, -0.2) is 16.4 Å². The molecule has 0 amide bonds. The quantitative estimate of drug-likeness (QED) is 0.619. The Kier molecular flexibility index (Phi) is 3.80. The van der Waals surface area contributed by atoms with Gasteiger partial charge >= 0.3 is 6.16 Å². The Morgan fingerprint density at radius 1 is 1.53 bits per heavy atom. The minimum Gasteiger partial charge on any atom is -0.504 e. The van der Waals surface area contributed by atoms with Gasteiger partial charge in [0.2, 0.25) is 0 Å². The van der Waals surface area contributed by atoms with Crippen LogP contribution in [-0.2, 0) is 6.42 Å². The van der Waals surface area contributed by atoms with Crippen LogP contribution in [0, 0.1) is 0 Å². The molecule has 82 valence electrons. The van der Waals surface area contributed by atoms with Crippen molar-refractivity contribution >= 4 is 17.8 Å². The van der Waals surface area contributed by atoms with E-state index in [1.54, 1.807) is 0 Å². The molecule has 0 aromatic heterocycles. The molecule has 2 N–H and O–H groups in total. The van der Waals surface area contributed by atoms with Crippen LogP contribution in [0.25, 0.3) is 0 Å². The summed E-state index contributed by atoms with van der Waals surface area (Å²) in [6.45, 7) is 1.93. The molecule has 0 heterocycles. The number of carbonyl (C=O) groups is 1. The van der Waals surface area contributed by atoms with Crippen LogP contribution in [0.1, 0.15) is 18.9 Å². The minimum atomic E-state index is -1.46. The van der Waals surface area contributed by atoms with E-state index in [0.29, 0.717) is 17.0 Å². The van der Waals surface area contributed by atoms with Crippen molar-refractivity contribution in [3.63, 3.8) is 0 Å². The van der Waals surface area contributed by atoms with Crippen LogP contribution in [0.5, 0.6) is 11.5 Å². The van der Waals surface area contributed by atoms with E-state index in [9.17, 15) is 9.90 Å². The van der Waals surface area contributed by atoms with E-state index >= 15 is 0 Å². The summed E-state index contributed by atoms with van der Waals surface area (Å²) >= 11 is 5.85. The summed E-state index contributed by atoms with van der Waals surface area (Å²) in [4.78, 5) is 10.3. The van der Waals surface area contributed by atoms with E-state index in [2.05, 4.69) is 4.74 Å². The van der Waals surface area contributed by atoms with Gasteiger partial charge in [-0.3, -0.25) is 0 Å². The molecule has 0 saturated heterocycles. The second-order valence-electron chi connectivity index (χ2n) is 2.99.